The number of carboxylic acids is 1. The molecule has 0 fully saturated rings. The van der Waals surface area contributed by atoms with Gasteiger partial charge in [-0.15, -0.1) is 0 Å². The van der Waals surface area contributed by atoms with Gasteiger partial charge in [-0.05, 0) is 24.8 Å². The number of carbonyl (C=O) groups is 2. The highest BCUT2D eigenvalue weighted by Crippen LogP contribution is 2.07. The molecule has 4 heteroatoms. The summed E-state index contributed by atoms with van der Waals surface area (Å²) in [6.45, 7) is 5.56. The van der Waals surface area contributed by atoms with E-state index < -0.39 is 12.0 Å². The lowest BCUT2D eigenvalue weighted by Crippen LogP contribution is -2.44. The van der Waals surface area contributed by atoms with Crippen LogP contribution in [0.25, 0.3) is 0 Å². The first-order valence-electron chi connectivity index (χ1n) is 6.48. The van der Waals surface area contributed by atoms with E-state index in [9.17, 15) is 9.59 Å². The van der Waals surface area contributed by atoms with Crippen molar-refractivity contribution in [2.24, 2.45) is 5.92 Å². The topological polar surface area (TPSA) is 66.4 Å². The van der Waals surface area contributed by atoms with Crippen LogP contribution in [0.2, 0.25) is 0 Å². The first kappa shape index (κ1) is 15.2. The minimum Gasteiger partial charge on any atom is -0.480 e. The number of carbonyl (C=O) groups excluding carboxylic acids is 1. The van der Waals surface area contributed by atoms with Gasteiger partial charge >= 0.3 is 5.97 Å². The Morgan fingerprint density at radius 1 is 1.32 bits per heavy atom. The lowest BCUT2D eigenvalue weighted by Gasteiger charge is -2.17. The van der Waals surface area contributed by atoms with Gasteiger partial charge in [-0.25, -0.2) is 4.79 Å². The number of benzene rings is 1. The Labute approximate surface area is 113 Å². The van der Waals surface area contributed by atoms with E-state index in [0.29, 0.717) is 12.8 Å². The fourth-order valence-electron chi connectivity index (χ4n) is 1.88. The molecule has 1 aromatic carbocycles. The minimum absolute atomic E-state index is 0.125. The average Bonchev–Trinajstić information content (AvgIpc) is 2.32. The lowest BCUT2D eigenvalue weighted by atomic mass is 10.0. The van der Waals surface area contributed by atoms with Crippen LogP contribution >= 0.6 is 0 Å². The van der Waals surface area contributed by atoms with Crippen LogP contribution in [0, 0.1) is 12.8 Å². The molecule has 0 aliphatic carbocycles. The van der Waals surface area contributed by atoms with Gasteiger partial charge in [-0.1, -0.05) is 43.7 Å². The molecule has 1 rings (SSSR count). The predicted octanol–water partition coefficient (Wildman–Crippen LogP) is 2.15. The molecule has 0 unspecified atom stereocenters. The van der Waals surface area contributed by atoms with Gasteiger partial charge in [0.05, 0.1) is 0 Å². The van der Waals surface area contributed by atoms with Gasteiger partial charge in [0.2, 0.25) is 5.91 Å². The monoisotopic (exact) mass is 263 g/mol. The van der Waals surface area contributed by atoms with E-state index in [0.717, 1.165) is 11.1 Å². The van der Waals surface area contributed by atoms with Crippen LogP contribution in [0.1, 0.15) is 31.4 Å². The molecule has 104 valence electrons. The van der Waals surface area contributed by atoms with E-state index in [1.54, 1.807) is 13.8 Å². The van der Waals surface area contributed by atoms with Gasteiger partial charge in [0.15, 0.2) is 0 Å². The van der Waals surface area contributed by atoms with Crippen molar-refractivity contribution in [3.63, 3.8) is 0 Å². The number of nitrogens with one attached hydrogen (secondary N) is 1. The van der Waals surface area contributed by atoms with Crippen LogP contribution in [0.15, 0.2) is 24.3 Å². The number of aliphatic carboxylic acids is 1. The zero-order valence-electron chi connectivity index (χ0n) is 11.6. The van der Waals surface area contributed by atoms with Crippen molar-refractivity contribution in [1.82, 2.24) is 5.32 Å². The smallest absolute Gasteiger partial charge is 0.326 e. The van der Waals surface area contributed by atoms with E-state index in [1.807, 2.05) is 31.2 Å². The van der Waals surface area contributed by atoms with Crippen molar-refractivity contribution in [2.45, 2.75) is 39.7 Å². The maximum atomic E-state index is 11.7. The molecular formula is C15H21NO3. The second-order valence-corrected chi connectivity index (χ2v) is 5.12. The van der Waals surface area contributed by atoms with E-state index in [-0.39, 0.29) is 11.8 Å². The predicted molar refractivity (Wildman–Crippen MR) is 73.9 cm³/mol. The highest BCUT2D eigenvalue weighted by atomic mass is 16.4. The van der Waals surface area contributed by atoms with Crippen molar-refractivity contribution >= 4 is 11.9 Å². The summed E-state index contributed by atoms with van der Waals surface area (Å²) in [6, 6.07) is 7.14. The molecule has 0 aliphatic rings. The van der Waals surface area contributed by atoms with Crippen molar-refractivity contribution < 1.29 is 14.7 Å². The lowest BCUT2D eigenvalue weighted by molar-refractivity contribution is -0.143. The number of hydrogen-bond acceptors (Lipinski definition) is 2. The standard InChI is InChI=1S/C15H21NO3/c1-10(2)14(15(18)19)16-13(17)8-7-12-6-4-5-11(3)9-12/h4-6,9-10,14H,7-8H2,1-3H3,(H,16,17)(H,18,19)/t14-/m0/s1. The van der Waals surface area contributed by atoms with Gasteiger partial charge in [0, 0.05) is 6.42 Å². The van der Waals surface area contributed by atoms with Crippen LogP contribution in [0.5, 0.6) is 0 Å². The number of hydrogen-bond donors (Lipinski definition) is 2. The van der Waals surface area contributed by atoms with Crippen LogP contribution in [0.3, 0.4) is 0 Å². The number of amides is 1. The Bertz CT molecular complexity index is 454. The summed E-state index contributed by atoms with van der Waals surface area (Å²) in [5, 5.41) is 11.6. The van der Waals surface area contributed by atoms with Gasteiger partial charge < -0.3 is 10.4 Å². The summed E-state index contributed by atoms with van der Waals surface area (Å²) in [4.78, 5) is 22.7. The third-order valence-electron chi connectivity index (χ3n) is 2.97. The molecule has 0 spiro atoms. The second kappa shape index (κ2) is 6.92. The SMILES string of the molecule is Cc1cccc(CCC(=O)N[C@H](C(=O)O)C(C)C)c1. The van der Waals surface area contributed by atoms with Crippen molar-refractivity contribution in [2.75, 3.05) is 0 Å². The largest absolute Gasteiger partial charge is 0.480 e. The molecule has 0 radical (unpaired) electrons. The summed E-state index contributed by atoms with van der Waals surface area (Å²) in [6.07, 6.45) is 0.928. The van der Waals surface area contributed by atoms with Crippen LogP contribution in [-0.2, 0) is 16.0 Å². The zero-order valence-corrected chi connectivity index (χ0v) is 11.6. The molecule has 0 bridgehead atoms. The number of rotatable bonds is 6. The van der Waals surface area contributed by atoms with Crippen LogP contribution in [0.4, 0.5) is 0 Å². The molecule has 0 heterocycles. The molecule has 0 saturated heterocycles. The van der Waals surface area contributed by atoms with Gasteiger partial charge in [-0.2, -0.15) is 0 Å². The molecule has 0 aromatic heterocycles. The molecular weight excluding hydrogens is 242 g/mol. The minimum atomic E-state index is -0.987. The summed E-state index contributed by atoms with van der Waals surface area (Å²) >= 11 is 0. The van der Waals surface area contributed by atoms with E-state index >= 15 is 0 Å². The first-order chi connectivity index (χ1) is 8.90. The number of carboxylic acid groups (broad SMARTS) is 1. The summed E-state index contributed by atoms with van der Waals surface area (Å²) in [5.41, 5.74) is 2.25. The summed E-state index contributed by atoms with van der Waals surface area (Å²) in [7, 11) is 0. The molecule has 1 amide bonds. The van der Waals surface area contributed by atoms with Crippen molar-refractivity contribution in [3.8, 4) is 0 Å². The highest BCUT2D eigenvalue weighted by Gasteiger charge is 2.22. The molecule has 2 N–H and O–H groups in total. The normalized spacial score (nSPS) is 12.2. The van der Waals surface area contributed by atoms with Gasteiger partial charge in [0.1, 0.15) is 6.04 Å². The average molecular weight is 263 g/mol. The van der Waals surface area contributed by atoms with E-state index in [2.05, 4.69) is 5.32 Å². The Balaban J connectivity index is 2.49. The maximum Gasteiger partial charge on any atom is 0.326 e. The molecule has 4 nitrogen and oxygen atoms in total. The molecule has 0 aliphatic heterocycles. The third kappa shape index (κ3) is 5.12. The third-order valence-corrected chi connectivity index (χ3v) is 2.97. The van der Waals surface area contributed by atoms with Crippen LogP contribution in [-0.4, -0.2) is 23.0 Å². The quantitative estimate of drug-likeness (QED) is 0.826. The Morgan fingerprint density at radius 3 is 2.53 bits per heavy atom. The van der Waals surface area contributed by atoms with Crippen molar-refractivity contribution in [3.05, 3.63) is 35.4 Å². The summed E-state index contributed by atoms with van der Waals surface area (Å²) < 4.78 is 0. The van der Waals surface area contributed by atoms with Crippen molar-refractivity contribution in [1.29, 1.82) is 0 Å². The summed E-state index contributed by atoms with van der Waals surface area (Å²) in [5.74, 6) is -1.33. The zero-order chi connectivity index (χ0) is 14.4. The Kier molecular flexibility index (Phi) is 5.55. The fraction of sp³-hybridized carbons (Fsp3) is 0.467. The van der Waals surface area contributed by atoms with E-state index in [4.69, 9.17) is 5.11 Å². The molecule has 1 aromatic rings. The van der Waals surface area contributed by atoms with Gasteiger partial charge in [0.25, 0.3) is 0 Å². The van der Waals surface area contributed by atoms with Gasteiger partial charge in [-0.3, -0.25) is 4.79 Å². The Hall–Kier alpha value is -1.84. The first-order valence-corrected chi connectivity index (χ1v) is 6.48. The second-order valence-electron chi connectivity index (χ2n) is 5.12. The van der Waals surface area contributed by atoms with Crippen LogP contribution < -0.4 is 5.32 Å². The number of aryl methyl sites for hydroxylation is 2. The molecule has 0 saturated carbocycles. The molecule has 1 atom stereocenters. The highest BCUT2D eigenvalue weighted by molar-refractivity contribution is 5.83. The maximum absolute atomic E-state index is 11.7. The van der Waals surface area contributed by atoms with E-state index in [1.165, 1.54) is 0 Å². The Morgan fingerprint density at radius 2 is 2.00 bits per heavy atom. The molecule has 19 heavy (non-hydrogen) atoms. The fourth-order valence-corrected chi connectivity index (χ4v) is 1.88.